The Morgan fingerprint density at radius 1 is 1.38 bits per heavy atom. The lowest BCUT2D eigenvalue weighted by Crippen LogP contribution is -2.32. The van der Waals surface area contributed by atoms with Crippen LogP contribution in [0.2, 0.25) is 0 Å². The first-order valence-electron chi connectivity index (χ1n) is 7.70. The normalized spacial score (nSPS) is 19.9. The van der Waals surface area contributed by atoms with Gasteiger partial charge < -0.3 is 10.1 Å². The molecule has 0 amide bonds. The smallest absolute Gasteiger partial charge is 0.119 e. The first-order chi connectivity index (χ1) is 9.91. The molecule has 118 valence electrons. The standard InChI is InChI=1S/C17H27NO2S/c1-17(2,3)21(19)11-10-18-16-7-5-6-13-12-14(20-4)8-9-15(13)16/h8-9,12,16,18H,5-7,10-11H2,1-4H3/t16-,21-/m1/s1. The Hall–Kier alpha value is -0.870. The number of hydrogen-bond donors (Lipinski definition) is 1. The highest BCUT2D eigenvalue weighted by atomic mass is 32.2. The largest absolute Gasteiger partial charge is 0.497 e. The highest BCUT2D eigenvalue weighted by Crippen LogP contribution is 2.32. The lowest BCUT2D eigenvalue weighted by molar-refractivity contribution is 0.411. The summed E-state index contributed by atoms with van der Waals surface area (Å²) in [6.45, 7) is 6.90. The summed E-state index contributed by atoms with van der Waals surface area (Å²) in [5.41, 5.74) is 2.76. The van der Waals surface area contributed by atoms with Crippen molar-refractivity contribution in [2.75, 3.05) is 19.4 Å². The van der Waals surface area contributed by atoms with Gasteiger partial charge in [0.25, 0.3) is 0 Å². The van der Waals surface area contributed by atoms with Crippen LogP contribution in [0, 0.1) is 0 Å². The monoisotopic (exact) mass is 309 g/mol. The predicted octanol–water partition coefficient (Wildman–Crippen LogP) is 3.21. The Balaban J connectivity index is 1.96. The zero-order valence-corrected chi connectivity index (χ0v) is 14.4. The van der Waals surface area contributed by atoms with Gasteiger partial charge in [-0.2, -0.15) is 0 Å². The topological polar surface area (TPSA) is 38.3 Å². The molecule has 0 aliphatic heterocycles. The molecule has 1 aromatic rings. The van der Waals surface area contributed by atoms with Crippen molar-refractivity contribution in [3.05, 3.63) is 29.3 Å². The minimum absolute atomic E-state index is 0.125. The second-order valence-electron chi connectivity index (χ2n) is 6.63. The SMILES string of the molecule is COc1ccc2c(c1)CCC[C@H]2NCC[S@@](=O)C(C)(C)C. The number of aryl methyl sites for hydroxylation is 1. The van der Waals surface area contributed by atoms with Gasteiger partial charge in [-0.25, -0.2) is 0 Å². The van der Waals surface area contributed by atoms with Crippen LogP contribution in [0.4, 0.5) is 0 Å². The van der Waals surface area contributed by atoms with E-state index in [2.05, 4.69) is 17.4 Å². The van der Waals surface area contributed by atoms with Gasteiger partial charge in [-0.1, -0.05) is 6.07 Å². The lowest BCUT2D eigenvalue weighted by atomic mass is 9.87. The van der Waals surface area contributed by atoms with Gasteiger partial charge in [0.2, 0.25) is 0 Å². The molecular weight excluding hydrogens is 282 g/mol. The molecule has 0 saturated heterocycles. The maximum atomic E-state index is 12.1. The predicted molar refractivity (Wildman–Crippen MR) is 89.4 cm³/mol. The molecular formula is C17H27NO2S. The van der Waals surface area contributed by atoms with Gasteiger partial charge in [0.15, 0.2) is 0 Å². The zero-order valence-electron chi connectivity index (χ0n) is 13.6. The average Bonchev–Trinajstić information content (AvgIpc) is 2.45. The number of benzene rings is 1. The van der Waals surface area contributed by atoms with Gasteiger partial charge in [-0.15, -0.1) is 0 Å². The first kappa shape index (κ1) is 16.5. The van der Waals surface area contributed by atoms with Gasteiger partial charge in [-0.05, 0) is 63.3 Å². The van der Waals surface area contributed by atoms with E-state index in [-0.39, 0.29) is 4.75 Å². The molecule has 0 radical (unpaired) electrons. The Kier molecular flexibility index (Phi) is 5.44. The van der Waals surface area contributed by atoms with Gasteiger partial charge in [0, 0.05) is 33.9 Å². The van der Waals surface area contributed by atoms with Crippen LogP contribution in [0.25, 0.3) is 0 Å². The summed E-state index contributed by atoms with van der Waals surface area (Å²) < 4.78 is 17.3. The van der Waals surface area contributed by atoms with Crippen molar-refractivity contribution in [3.63, 3.8) is 0 Å². The van der Waals surface area contributed by atoms with E-state index in [1.54, 1.807) is 7.11 Å². The quantitative estimate of drug-likeness (QED) is 0.907. The molecule has 2 rings (SSSR count). The van der Waals surface area contributed by atoms with Crippen LogP contribution in [0.15, 0.2) is 18.2 Å². The lowest BCUT2D eigenvalue weighted by Gasteiger charge is -2.27. The fourth-order valence-electron chi connectivity index (χ4n) is 2.76. The number of fused-ring (bicyclic) bond motifs is 1. The molecule has 0 unspecified atom stereocenters. The second kappa shape index (κ2) is 6.93. The molecule has 1 aliphatic carbocycles. The van der Waals surface area contributed by atoms with Crippen molar-refractivity contribution < 1.29 is 8.95 Å². The molecule has 4 heteroatoms. The van der Waals surface area contributed by atoms with Crippen LogP contribution in [-0.2, 0) is 17.2 Å². The van der Waals surface area contributed by atoms with Gasteiger partial charge >= 0.3 is 0 Å². The van der Waals surface area contributed by atoms with Crippen LogP contribution in [-0.4, -0.2) is 28.4 Å². The minimum Gasteiger partial charge on any atom is -0.497 e. The fourth-order valence-corrected chi connectivity index (χ4v) is 3.68. The number of nitrogens with one attached hydrogen (secondary N) is 1. The molecule has 1 aliphatic rings. The van der Waals surface area contributed by atoms with E-state index in [0.717, 1.165) is 25.1 Å². The van der Waals surface area contributed by atoms with Gasteiger partial charge in [0.05, 0.1) is 7.11 Å². The maximum absolute atomic E-state index is 12.1. The van der Waals surface area contributed by atoms with E-state index in [1.165, 1.54) is 17.5 Å². The molecule has 3 nitrogen and oxygen atoms in total. The van der Waals surface area contributed by atoms with E-state index in [1.807, 2.05) is 26.8 Å². The summed E-state index contributed by atoms with van der Waals surface area (Å²) >= 11 is 0. The van der Waals surface area contributed by atoms with Crippen LogP contribution in [0.1, 0.15) is 50.8 Å². The molecule has 2 atom stereocenters. The third-order valence-electron chi connectivity index (χ3n) is 4.03. The number of ether oxygens (including phenoxy) is 1. The van der Waals surface area contributed by atoms with Crippen molar-refractivity contribution in [1.29, 1.82) is 0 Å². The van der Waals surface area contributed by atoms with Crippen LogP contribution >= 0.6 is 0 Å². The highest BCUT2D eigenvalue weighted by Gasteiger charge is 2.22. The summed E-state index contributed by atoms with van der Waals surface area (Å²) in [5.74, 6) is 1.65. The van der Waals surface area contributed by atoms with Crippen LogP contribution in [0.3, 0.4) is 0 Å². The molecule has 0 spiro atoms. The Morgan fingerprint density at radius 3 is 2.81 bits per heavy atom. The van der Waals surface area contributed by atoms with Gasteiger partial charge in [-0.3, -0.25) is 4.21 Å². The first-order valence-corrected chi connectivity index (χ1v) is 9.02. The average molecular weight is 309 g/mol. The third-order valence-corrected chi connectivity index (χ3v) is 5.97. The minimum atomic E-state index is -0.787. The Bertz CT molecular complexity index is 508. The summed E-state index contributed by atoms with van der Waals surface area (Å²) in [6.07, 6.45) is 3.47. The Morgan fingerprint density at radius 2 is 2.14 bits per heavy atom. The van der Waals surface area contributed by atoms with E-state index < -0.39 is 10.8 Å². The number of rotatable bonds is 5. The molecule has 21 heavy (non-hydrogen) atoms. The highest BCUT2D eigenvalue weighted by molar-refractivity contribution is 7.86. The molecule has 1 aromatic carbocycles. The molecule has 0 aromatic heterocycles. The molecule has 0 bridgehead atoms. The van der Waals surface area contributed by atoms with Crippen molar-refractivity contribution in [1.82, 2.24) is 5.32 Å². The van der Waals surface area contributed by atoms with E-state index >= 15 is 0 Å². The van der Waals surface area contributed by atoms with E-state index in [9.17, 15) is 4.21 Å². The molecule has 0 saturated carbocycles. The summed E-state index contributed by atoms with van der Waals surface area (Å²) in [7, 11) is 0.923. The number of methoxy groups -OCH3 is 1. The second-order valence-corrected chi connectivity index (χ2v) is 8.95. The van der Waals surface area contributed by atoms with Crippen molar-refractivity contribution in [2.24, 2.45) is 0 Å². The summed E-state index contributed by atoms with van der Waals surface area (Å²) in [6, 6.07) is 6.74. The zero-order chi connectivity index (χ0) is 15.5. The van der Waals surface area contributed by atoms with E-state index in [4.69, 9.17) is 4.74 Å². The van der Waals surface area contributed by atoms with Crippen LogP contribution < -0.4 is 10.1 Å². The van der Waals surface area contributed by atoms with Crippen molar-refractivity contribution in [3.8, 4) is 5.75 Å². The molecule has 1 N–H and O–H groups in total. The van der Waals surface area contributed by atoms with Crippen molar-refractivity contribution >= 4 is 10.8 Å². The number of hydrogen-bond acceptors (Lipinski definition) is 3. The van der Waals surface area contributed by atoms with Gasteiger partial charge in [0.1, 0.15) is 5.75 Å². The summed E-state index contributed by atoms with van der Waals surface area (Å²) in [4.78, 5) is 0. The maximum Gasteiger partial charge on any atom is 0.119 e. The fraction of sp³-hybridized carbons (Fsp3) is 0.647. The van der Waals surface area contributed by atoms with E-state index in [0.29, 0.717) is 11.8 Å². The molecule has 0 heterocycles. The third kappa shape index (κ3) is 4.30. The Labute approximate surface area is 130 Å². The summed E-state index contributed by atoms with van der Waals surface area (Å²) in [5, 5.41) is 3.58. The molecule has 0 fully saturated rings. The van der Waals surface area contributed by atoms with Crippen molar-refractivity contribution in [2.45, 2.75) is 50.8 Å². The van der Waals surface area contributed by atoms with Crippen LogP contribution in [0.5, 0.6) is 5.75 Å².